The zero-order valence-corrected chi connectivity index (χ0v) is 12.7. The first kappa shape index (κ1) is 17.0. The molecule has 0 amide bonds. The lowest BCUT2D eigenvalue weighted by atomic mass is 10.3. The van der Waals surface area contributed by atoms with Gasteiger partial charge in [-0.05, 0) is 6.42 Å². The van der Waals surface area contributed by atoms with Gasteiger partial charge in [0.05, 0.1) is 5.75 Å². The first-order valence-corrected chi connectivity index (χ1v) is 9.05. The van der Waals surface area contributed by atoms with Crippen LogP contribution in [0.15, 0.2) is 0 Å². The van der Waals surface area contributed by atoms with Gasteiger partial charge < -0.3 is 5.32 Å². The first-order valence-electron chi connectivity index (χ1n) is 5.77. The molecule has 5 nitrogen and oxygen atoms in total. The van der Waals surface area contributed by atoms with Crippen molar-refractivity contribution in [1.82, 2.24) is 10.0 Å². The van der Waals surface area contributed by atoms with Crippen LogP contribution in [-0.2, 0) is 20.8 Å². The highest BCUT2D eigenvalue weighted by Crippen LogP contribution is 1.98. The van der Waals surface area contributed by atoms with Gasteiger partial charge in [-0.15, -0.1) is 0 Å². The summed E-state index contributed by atoms with van der Waals surface area (Å²) in [6, 6.07) is 0.285. The molecule has 2 atom stereocenters. The molecule has 2 unspecified atom stereocenters. The second kappa shape index (κ2) is 8.18. The number of hydrogen-bond acceptors (Lipinski definition) is 4. The summed E-state index contributed by atoms with van der Waals surface area (Å²) in [5.41, 5.74) is 0. The van der Waals surface area contributed by atoms with E-state index in [4.69, 9.17) is 0 Å². The minimum absolute atomic E-state index is 0.0199. The summed E-state index contributed by atoms with van der Waals surface area (Å²) in [4.78, 5) is 0. The van der Waals surface area contributed by atoms with Crippen molar-refractivity contribution in [2.45, 2.75) is 38.5 Å². The summed E-state index contributed by atoms with van der Waals surface area (Å²) in [7, 11) is -4.11. The van der Waals surface area contributed by atoms with Gasteiger partial charge in [-0.2, -0.15) is 0 Å². The topological polar surface area (TPSA) is 75.3 Å². The molecule has 0 aromatic carbocycles. The van der Waals surface area contributed by atoms with Crippen LogP contribution in [0.4, 0.5) is 0 Å². The zero-order chi connectivity index (χ0) is 13.5. The molecule has 0 aromatic rings. The van der Waals surface area contributed by atoms with E-state index in [2.05, 4.69) is 10.0 Å². The quantitative estimate of drug-likeness (QED) is 0.628. The Kier molecular flexibility index (Phi) is 8.19. The Balaban J connectivity index is 3.82. The molecule has 0 aliphatic heterocycles. The van der Waals surface area contributed by atoms with E-state index in [0.29, 0.717) is 19.5 Å². The maximum absolute atomic E-state index is 11.5. The van der Waals surface area contributed by atoms with Gasteiger partial charge in [0.2, 0.25) is 10.0 Å². The average Bonchev–Trinajstić information content (AvgIpc) is 2.15. The van der Waals surface area contributed by atoms with Crippen molar-refractivity contribution in [3.8, 4) is 0 Å². The minimum Gasteiger partial charge on any atom is -0.313 e. The Hall–Kier alpha value is 0.0200. The van der Waals surface area contributed by atoms with E-state index < -0.39 is 20.8 Å². The molecule has 0 fully saturated rings. The van der Waals surface area contributed by atoms with Crippen LogP contribution >= 0.6 is 0 Å². The summed E-state index contributed by atoms with van der Waals surface area (Å²) in [6.07, 6.45) is 2.23. The Bertz CT molecular complexity index is 328. The lowest BCUT2D eigenvalue weighted by molar-refractivity contribution is 0.564. The van der Waals surface area contributed by atoms with Crippen molar-refractivity contribution >= 4 is 20.8 Å². The van der Waals surface area contributed by atoms with E-state index >= 15 is 0 Å². The Morgan fingerprint density at radius 1 is 1.18 bits per heavy atom. The minimum atomic E-state index is -3.21. The fourth-order valence-electron chi connectivity index (χ4n) is 1.14. The molecule has 0 aliphatic carbocycles. The largest absolute Gasteiger partial charge is 0.313 e. The molecule has 17 heavy (non-hydrogen) atoms. The first-order chi connectivity index (χ1) is 7.74. The molecule has 0 saturated carbocycles. The van der Waals surface area contributed by atoms with Crippen molar-refractivity contribution in [3.05, 3.63) is 0 Å². The molecule has 7 heteroatoms. The van der Waals surface area contributed by atoms with Gasteiger partial charge in [-0.25, -0.2) is 13.1 Å². The van der Waals surface area contributed by atoms with Gasteiger partial charge >= 0.3 is 0 Å². The molecular formula is C10H24N2O3S2. The van der Waals surface area contributed by atoms with E-state index in [-0.39, 0.29) is 17.0 Å². The monoisotopic (exact) mass is 284 g/mol. The van der Waals surface area contributed by atoms with Crippen LogP contribution in [0, 0.1) is 0 Å². The highest BCUT2D eigenvalue weighted by atomic mass is 32.2. The SMILES string of the molecule is CC(C)NCCS(=O)(=O)NCCC(C)S(C)=O. The van der Waals surface area contributed by atoms with E-state index in [1.54, 1.807) is 6.26 Å². The fourth-order valence-corrected chi connectivity index (χ4v) is 2.55. The van der Waals surface area contributed by atoms with Gasteiger partial charge in [-0.1, -0.05) is 20.8 Å². The van der Waals surface area contributed by atoms with Crippen LogP contribution < -0.4 is 10.0 Å². The second-order valence-corrected chi connectivity index (χ2v) is 8.15. The predicted octanol–water partition coefficient (Wildman–Crippen LogP) is 0.0609. The molecule has 0 saturated heterocycles. The molecule has 0 aromatic heterocycles. The Morgan fingerprint density at radius 3 is 2.24 bits per heavy atom. The number of sulfonamides is 1. The molecule has 0 spiro atoms. The second-order valence-electron chi connectivity index (χ2n) is 4.42. The maximum atomic E-state index is 11.5. The summed E-state index contributed by atoms with van der Waals surface area (Å²) in [5.74, 6) is 0.0782. The summed E-state index contributed by atoms with van der Waals surface area (Å²) in [5, 5.41) is 3.07. The Morgan fingerprint density at radius 2 is 1.76 bits per heavy atom. The van der Waals surface area contributed by atoms with Crippen LogP contribution in [0.25, 0.3) is 0 Å². The smallest absolute Gasteiger partial charge is 0.212 e. The molecule has 0 aliphatic rings. The van der Waals surface area contributed by atoms with Crippen molar-refractivity contribution in [3.63, 3.8) is 0 Å². The molecule has 0 bridgehead atoms. The predicted molar refractivity (Wildman–Crippen MR) is 73.1 cm³/mol. The highest BCUT2D eigenvalue weighted by molar-refractivity contribution is 7.89. The summed E-state index contributed by atoms with van der Waals surface area (Å²) >= 11 is 0. The third-order valence-electron chi connectivity index (χ3n) is 2.36. The zero-order valence-electron chi connectivity index (χ0n) is 11.0. The molecule has 0 rings (SSSR count). The van der Waals surface area contributed by atoms with Crippen LogP contribution in [0.3, 0.4) is 0 Å². The number of rotatable bonds is 9. The van der Waals surface area contributed by atoms with Crippen LogP contribution in [0.5, 0.6) is 0 Å². The Labute approximate surface area is 107 Å². The molecule has 2 N–H and O–H groups in total. The van der Waals surface area contributed by atoms with Gasteiger partial charge in [0.25, 0.3) is 0 Å². The van der Waals surface area contributed by atoms with Crippen LogP contribution in [-0.4, -0.2) is 49.0 Å². The molecular weight excluding hydrogens is 260 g/mol. The normalized spacial score (nSPS) is 16.1. The van der Waals surface area contributed by atoms with E-state index in [1.807, 2.05) is 20.8 Å². The summed E-state index contributed by atoms with van der Waals surface area (Å²) in [6.45, 7) is 6.59. The van der Waals surface area contributed by atoms with Gasteiger partial charge in [0.15, 0.2) is 0 Å². The standard InChI is InChI=1S/C10H24N2O3S2/c1-9(2)11-7-8-17(14,15)12-6-5-10(3)16(4)13/h9-12H,5-8H2,1-4H3. The highest BCUT2D eigenvalue weighted by Gasteiger charge is 2.11. The molecule has 0 heterocycles. The van der Waals surface area contributed by atoms with Gasteiger partial charge in [0, 0.05) is 41.4 Å². The average molecular weight is 284 g/mol. The van der Waals surface area contributed by atoms with Gasteiger partial charge in [0.1, 0.15) is 0 Å². The van der Waals surface area contributed by atoms with E-state index in [9.17, 15) is 12.6 Å². The van der Waals surface area contributed by atoms with Crippen molar-refractivity contribution < 1.29 is 12.6 Å². The van der Waals surface area contributed by atoms with E-state index in [1.165, 1.54) is 0 Å². The lowest BCUT2D eigenvalue weighted by Crippen LogP contribution is -2.35. The molecule has 0 radical (unpaired) electrons. The van der Waals surface area contributed by atoms with E-state index in [0.717, 1.165) is 0 Å². The van der Waals surface area contributed by atoms with Crippen LogP contribution in [0.1, 0.15) is 27.2 Å². The fraction of sp³-hybridized carbons (Fsp3) is 1.00. The maximum Gasteiger partial charge on any atom is 0.212 e. The summed E-state index contributed by atoms with van der Waals surface area (Å²) < 4.78 is 36.7. The van der Waals surface area contributed by atoms with Crippen molar-refractivity contribution in [2.24, 2.45) is 0 Å². The van der Waals surface area contributed by atoms with Crippen LogP contribution in [0.2, 0.25) is 0 Å². The lowest BCUT2D eigenvalue weighted by Gasteiger charge is -2.11. The number of hydrogen-bond donors (Lipinski definition) is 2. The third-order valence-corrected chi connectivity index (χ3v) is 5.12. The molecule has 104 valence electrons. The number of nitrogens with one attached hydrogen (secondary N) is 2. The van der Waals surface area contributed by atoms with Crippen molar-refractivity contribution in [2.75, 3.05) is 25.1 Å². The van der Waals surface area contributed by atoms with Crippen molar-refractivity contribution in [1.29, 1.82) is 0 Å². The third kappa shape index (κ3) is 9.70. The van der Waals surface area contributed by atoms with Gasteiger partial charge in [-0.3, -0.25) is 4.21 Å².